The summed E-state index contributed by atoms with van der Waals surface area (Å²) in [5.41, 5.74) is 3.92. The van der Waals surface area contributed by atoms with Crippen molar-refractivity contribution in [1.82, 2.24) is 4.98 Å². The van der Waals surface area contributed by atoms with E-state index < -0.39 is 0 Å². The number of carbonyl (C=O) groups excluding carboxylic acids is 1. The Kier molecular flexibility index (Phi) is 11.1. The van der Waals surface area contributed by atoms with E-state index in [2.05, 4.69) is 17.2 Å². The SMILES string of the molecule is CCCCCCCCCCCC(=O)Nc1nc(C)c(OCc2ccccc2)c(C)c1C. The normalized spacial score (nSPS) is 10.8. The van der Waals surface area contributed by atoms with Crippen molar-refractivity contribution in [3.63, 3.8) is 0 Å². The molecule has 1 aromatic heterocycles. The minimum absolute atomic E-state index is 0.0512. The van der Waals surface area contributed by atoms with Crippen molar-refractivity contribution in [2.24, 2.45) is 0 Å². The fraction of sp³-hybridized carbons (Fsp3) is 0.556. The van der Waals surface area contributed by atoms with Crippen LogP contribution in [0.3, 0.4) is 0 Å². The quantitative estimate of drug-likeness (QED) is 0.320. The average molecular weight is 425 g/mol. The summed E-state index contributed by atoms with van der Waals surface area (Å²) >= 11 is 0. The minimum atomic E-state index is 0.0512. The van der Waals surface area contributed by atoms with Crippen molar-refractivity contribution in [2.75, 3.05) is 5.32 Å². The van der Waals surface area contributed by atoms with Gasteiger partial charge in [-0.25, -0.2) is 4.98 Å². The number of ether oxygens (including phenoxy) is 1. The van der Waals surface area contributed by atoms with E-state index in [0.717, 1.165) is 41.0 Å². The van der Waals surface area contributed by atoms with E-state index >= 15 is 0 Å². The van der Waals surface area contributed by atoms with Gasteiger partial charge >= 0.3 is 0 Å². The number of pyridine rings is 1. The van der Waals surface area contributed by atoms with Gasteiger partial charge in [-0.3, -0.25) is 4.79 Å². The Bertz CT molecular complexity index is 803. The molecule has 0 aliphatic carbocycles. The van der Waals surface area contributed by atoms with Gasteiger partial charge in [-0.15, -0.1) is 0 Å². The number of unbranched alkanes of at least 4 members (excludes halogenated alkanes) is 8. The van der Waals surface area contributed by atoms with Crippen LogP contribution in [0.2, 0.25) is 0 Å². The van der Waals surface area contributed by atoms with Gasteiger partial charge in [-0.2, -0.15) is 0 Å². The van der Waals surface area contributed by atoms with Crippen molar-refractivity contribution >= 4 is 11.7 Å². The summed E-state index contributed by atoms with van der Waals surface area (Å²) in [6.45, 7) is 8.71. The van der Waals surface area contributed by atoms with Crippen LogP contribution in [0.25, 0.3) is 0 Å². The lowest BCUT2D eigenvalue weighted by molar-refractivity contribution is -0.116. The number of amides is 1. The summed E-state index contributed by atoms with van der Waals surface area (Å²) in [6.07, 6.45) is 11.8. The van der Waals surface area contributed by atoms with Gasteiger partial charge in [0.15, 0.2) is 0 Å². The molecule has 0 saturated carbocycles. The molecule has 1 heterocycles. The van der Waals surface area contributed by atoms with Crippen LogP contribution in [-0.2, 0) is 11.4 Å². The van der Waals surface area contributed by atoms with Crippen molar-refractivity contribution in [3.05, 3.63) is 52.7 Å². The Morgan fingerprint density at radius 3 is 2.13 bits per heavy atom. The van der Waals surface area contributed by atoms with Gasteiger partial charge in [0.05, 0.1) is 5.69 Å². The zero-order valence-corrected chi connectivity index (χ0v) is 19.9. The molecule has 31 heavy (non-hydrogen) atoms. The molecule has 170 valence electrons. The van der Waals surface area contributed by atoms with Gasteiger partial charge in [0.25, 0.3) is 0 Å². The molecule has 4 heteroatoms. The molecule has 0 unspecified atom stereocenters. The van der Waals surface area contributed by atoms with Gasteiger partial charge in [0.2, 0.25) is 5.91 Å². The molecular weight excluding hydrogens is 384 g/mol. The second-order valence-corrected chi connectivity index (χ2v) is 8.53. The van der Waals surface area contributed by atoms with Crippen LogP contribution in [0.1, 0.15) is 93.5 Å². The number of hydrogen-bond donors (Lipinski definition) is 1. The van der Waals surface area contributed by atoms with Crippen molar-refractivity contribution in [2.45, 2.75) is 98.5 Å². The topological polar surface area (TPSA) is 51.2 Å². The van der Waals surface area contributed by atoms with E-state index in [4.69, 9.17) is 4.74 Å². The number of hydrogen-bond acceptors (Lipinski definition) is 3. The third-order valence-electron chi connectivity index (χ3n) is 5.86. The lowest BCUT2D eigenvalue weighted by Crippen LogP contribution is -2.15. The van der Waals surface area contributed by atoms with Gasteiger partial charge in [0.1, 0.15) is 18.2 Å². The highest BCUT2D eigenvalue weighted by molar-refractivity contribution is 5.90. The van der Waals surface area contributed by atoms with Crippen molar-refractivity contribution in [1.29, 1.82) is 0 Å². The van der Waals surface area contributed by atoms with Gasteiger partial charge in [-0.1, -0.05) is 88.6 Å². The second kappa shape index (κ2) is 13.8. The van der Waals surface area contributed by atoms with Crippen LogP contribution in [-0.4, -0.2) is 10.9 Å². The molecule has 1 aromatic carbocycles. The summed E-state index contributed by atoms with van der Waals surface area (Å²) in [7, 11) is 0. The van der Waals surface area contributed by atoms with E-state index in [-0.39, 0.29) is 5.91 Å². The van der Waals surface area contributed by atoms with Crippen LogP contribution in [0.5, 0.6) is 5.75 Å². The van der Waals surface area contributed by atoms with E-state index in [0.29, 0.717) is 18.8 Å². The highest BCUT2D eigenvalue weighted by atomic mass is 16.5. The number of nitrogens with one attached hydrogen (secondary N) is 1. The maximum absolute atomic E-state index is 12.4. The molecule has 1 amide bonds. The van der Waals surface area contributed by atoms with E-state index in [1.807, 2.05) is 51.1 Å². The van der Waals surface area contributed by atoms with Crippen LogP contribution in [0.15, 0.2) is 30.3 Å². The zero-order chi connectivity index (χ0) is 22.5. The number of aryl methyl sites for hydroxylation is 1. The average Bonchev–Trinajstić information content (AvgIpc) is 2.77. The highest BCUT2D eigenvalue weighted by Gasteiger charge is 2.15. The van der Waals surface area contributed by atoms with Crippen LogP contribution in [0.4, 0.5) is 5.82 Å². The van der Waals surface area contributed by atoms with Crippen LogP contribution in [0, 0.1) is 20.8 Å². The van der Waals surface area contributed by atoms with Crippen molar-refractivity contribution < 1.29 is 9.53 Å². The molecular formula is C27H40N2O2. The predicted molar refractivity (Wildman–Crippen MR) is 130 cm³/mol. The molecule has 0 radical (unpaired) electrons. The first-order valence-electron chi connectivity index (χ1n) is 12.0. The standard InChI is InChI=1S/C27H40N2O2/c1-5-6-7-8-9-10-11-12-16-19-25(30)29-27-22(3)21(2)26(23(4)28-27)31-20-24-17-14-13-15-18-24/h13-15,17-18H,5-12,16,19-20H2,1-4H3,(H,28,29,30). The molecule has 0 aliphatic heterocycles. The highest BCUT2D eigenvalue weighted by Crippen LogP contribution is 2.29. The summed E-state index contributed by atoms with van der Waals surface area (Å²) in [6, 6.07) is 10.1. The fourth-order valence-electron chi connectivity index (χ4n) is 3.78. The van der Waals surface area contributed by atoms with Crippen molar-refractivity contribution in [3.8, 4) is 5.75 Å². The first-order chi connectivity index (χ1) is 15.0. The summed E-state index contributed by atoms with van der Waals surface area (Å²) in [5, 5.41) is 3.01. The Morgan fingerprint density at radius 1 is 0.871 bits per heavy atom. The number of benzene rings is 1. The lowest BCUT2D eigenvalue weighted by Gasteiger charge is -2.17. The molecule has 4 nitrogen and oxygen atoms in total. The molecule has 0 aliphatic rings. The number of carbonyl (C=O) groups is 1. The zero-order valence-electron chi connectivity index (χ0n) is 19.9. The largest absolute Gasteiger partial charge is 0.487 e. The molecule has 1 N–H and O–H groups in total. The second-order valence-electron chi connectivity index (χ2n) is 8.53. The summed E-state index contributed by atoms with van der Waals surface area (Å²) in [5.74, 6) is 1.51. The third kappa shape index (κ3) is 8.72. The predicted octanol–water partition coefficient (Wildman–Crippen LogP) is 7.45. The molecule has 0 bridgehead atoms. The molecule has 0 atom stereocenters. The number of anilines is 1. The fourth-order valence-corrected chi connectivity index (χ4v) is 3.78. The van der Waals surface area contributed by atoms with E-state index in [1.165, 1.54) is 44.9 Å². The van der Waals surface area contributed by atoms with Crippen LogP contribution >= 0.6 is 0 Å². The summed E-state index contributed by atoms with van der Waals surface area (Å²) < 4.78 is 6.05. The number of aromatic nitrogens is 1. The van der Waals surface area contributed by atoms with E-state index in [1.54, 1.807) is 0 Å². The third-order valence-corrected chi connectivity index (χ3v) is 5.86. The van der Waals surface area contributed by atoms with E-state index in [9.17, 15) is 4.79 Å². The van der Waals surface area contributed by atoms with Gasteiger partial charge in [-0.05, 0) is 43.9 Å². The lowest BCUT2D eigenvalue weighted by atomic mass is 10.1. The number of nitrogens with zero attached hydrogens (tertiary/aromatic N) is 1. The first kappa shape index (κ1) is 24.9. The Balaban J connectivity index is 1.77. The first-order valence-corrected chi connectivity index (χ1v) is 12.0. The summed E-state index contributed by atoms with van der Waals surface area (Å²) in [4.78, 5) is 17.0. The molecule has 0 spiro atoms. The van der Waals surface area contributed by atoms with Gasteiger partial charge in [0, 0.05) is 6.42 Å². The molecule has 0 saturated heterocycles. The minimum Gasteiger partial charge on any atom is -0.487 e. The Labute approximate surface area is 188 Å². The monoisotopic (exact) mass is 424 g/mol. The maximum Gasteiger partial charge on any atom is 0.225 e. The number of rotatable bonds is 14. The van der Waals surface area contributed by atoms with Crippen LogP contribution < -0.4 is 10.1 Å². The van der Waals surface area contributed by atoms with Gasteiger partial charge < -0.3 is 10.1 Å². The Morgan fingerprint density at radius 2 is 1.48 bits per heavy atom. The smallest absolute Gasteiger partial charge is 0.225 e. The Hall–Kier alpha value is -2.36. The molecule has 2 aromatic rings. The molecule has 2 rings (SSSR count). The maximum atomic E-state index is 12.4. The molecule has 0 fully saturated rings.